The minimum Gasteiger partial charge on any atom is -0.482 e. The van der Waals surface area contributed by atoms with Gasteiger partial charge in [0.2, 0.25) is 5.91 Å². The molecule has 1 spiro atoms. The van der Waals surface area contributed by atoms with E-state index in [-0.39, 0.29) is 40.5 Å². The Hall–Kier alpha value is -4.13. The number of nitrogens with two attached hydrogens (primary N) is 2. The Labute approximate surface area is 243 Å². The number of ether oxygens (including phenoxy) is 2. The van der Waals surface area contributed by atoms with Crippen molar-refractivity contribution in [3.8, 4) is 5.75 Å². The van der Waals surface area contributed by atoms with Crippen LogP contribution in [-0.4, -0.2) is 76.0 Å². The van der Waals surface area contributed by atoms with Gasteiger partial charge in [0.25, 0.3) is 0 Å². The lowest BCUT2D eigenvalue weighted by molar-refractivity contribution is -0.157. The second-order valence-electron chi connectivity index (χ2n) is 11.1. The van der Waals surface area contributed by atoms with Gasteiger partial charge in [0.15, 0.2) is 35.0 Å². The molecule has 2 saturated heterocycles. The average Bonchev–Trinajstić information content (AvgIpc) is 3.29. The van der Waals surface area contributed by atoms with E-state index in [0.29, 0.717) is 57.0 Å². The molecule has 3 heterocycles. The van der Waals surface area contributed by atoms with Crippen molar-refractivity contribution in [2.24, 2.45) is 4.99 Å². The van der Waals surface area contributed by atoms with Gasteiger partial charge in [0, 0.05) is 26.1 Å². The molecule has 4 rings (SSSR count). The fourth-order valence-corrected chi connectivity index (χ4v) is 4.70. The van der Waals surface area contributed by atoms with E-state index in [9.17, 15) is 14.4 Å². The highest BCUT2D eigenvalue weighted by Crippen LogP contribution is 2.26. The number of hydrogen-bond donors (Lipinski definition) is 4. The number of esters is 1. The molecule has 0 saturated carbocycles. The number of carbonyl (C=O) groups is 3. The molecule has 1 aromatic carbocycles. The third-order valence-corrected chi connectivity index (χ3v) is 6.98. The molecule has 2 aliphatic heterocycles. The lowest BCUT2D eigenvalue weighted by Crippen LogP contribution is -2.53. The molecule has 0 bridgehead atoms. The second kappa shape index (κ2) is 12.2. The summed E-state index contributed by atoms with van der Waals surface area (Å²) in [6.45, 7) is 6.96. The average molecular weight is 587 g/mol. The Morgan fingerprint density at radius 1 is 1.10 bits per heavy atom. The molecule has 220 valence electrons. The zero-order chi connectivity index (χ0) is 29.8. The number of halogens is 1. The Balaban J connectivity index is 1.22. The number of amides is 2. The Kier molecular flexibility index (Phi) is 8.86. The molecular weight excluding hydrogens is 552 g/mol. The molecule has 1 aromatic heterocycles. The number of aliphatic imine (C=N–C) groups is 1. The summed E-state index contributed by atoms with van der Waals surface area (Å²) in [4.78, 5) is 50.9. The number of benzene rings is 1. The monoisotopic (exact) mass is 586 g/mol. The minimum absolute atomic E-state index is 0.0645. The zero-order valence-electron chi connectivity index (χ0n) is 23.3. The number of guanidine groups is 1. The van der Waals surface area contributed by atoms with Crippen molar-refractivity contribution in [3.05, 3.63) is 40.7 Å². The van der Waals surface area contributed by atoms with E-state index in [2.05, 4.69) is 25.6 Å². The van der Waals surface area contributed by atoms with Crippen LogP contribution in [0, 0.1) is 0 Å². The molecule has 2 aliphatic rings. The van der Waals surface area contributed by atoms with Crippen molar-refractivity contribution >= 4 is 47.0 Å². The van der Waals surface area contributed by atoms with Crippen LogP contribution in [0.4, 0.5) is 11.6 Å². The summed E-state index contributed by atoms with van der Waals surface area (Å²) >= 11 is 5.87. The number of aromatic nitrogens is 2. The van der Waals surface area contributed by atoms with E-state index in [1.54, 1.807) is 32.9 Å². The lowest BCUT2D eigenvalue weighted by atomic mass is 9.88. The Morgan fingerprint density at radius 3 is 2.44 bits per heavy atom. The summed E-state index contributed by atoms with van der Waals surface area (Å²) in [5.41, 5.74) is 11.3. The van der Waals surface area contributed by atoms with Crippen LogP contribution in [0.25, 0.3) is 0 Å². The van der Waals surface area contributed by atoms with Gasteiger partial charge in [-0.3, -0.25) is 9.59 Å². The first-order valence-corrected chi connectivity index (χ1v) is 13.7. The number of nitrogen functional groups attached to an aromatic ring is 2. The zero-order valence-corrected chi connectivity index (χ0v) is 24.1. The Bertz CT molecular complexity index is 1330. The number of piperidine rings is 1. The number of aryl methyl sites for hydroxylation is 1. The SMILES string of the molecule is CC(C)(C)OC(=O)COc1ccc(CCC(=O)N2CCC3(CC2)CN/C(=N\C(=O)c2nc(Cl)c(N)nc2N)N3)cc1. The van der Waals surface area contributed by atoms with Crippen LogP contribution in [-0.2, 0) is 20.7 Å². The normalized spacial score (nSPS) is 17.2. The number of hydrogen-bond acceptors (Lipinski definition) is 9. The van der Waals surface area contributed by atoms with Gasteiger partial charge < -0.3 is 36.5 Å². The maximum atomic E-state index is 12.9. The van der Waals surface area contributed by atoms with Gasteiger partial charge in [0.05, 0.1) is 5.54 Å². The van der Waals surface area contributed by atoms with E-state index >= 15 is 0 Å². The summed E-state index contributed by atoms with van der Waals surface area (Å²) in [6.07, 6.45) is 2.36. The molecule has 6 N–H and O–H groups in total. The summed E-state index contributed by atoms with van der Waals surface area (Å²) < 4.78 is 10.7. The Morgan fingerprint density at radius 2 is 1.78 bits per heavy atom. The molecule has 0 aliphatic carbocycles. The van der Waals surface area contributed by atoms with Crippen LogP contribution in [0.15, 0.2) is 29.3 Å². The van der Waals surface area contributed by atoms with Crippen LogP contribution >= 0.6 is 11.6 Å². The summed E-state index contributed by atoms with van der Waals surface area (Å²) in [5, 5.41) is 6.29. The van der Waals surface area contributed by atoms with Gasteiger partial charge in [0.1, 0.15) is 11.4 Å². The molecule has 0 radical (unpaired) electrons. The number of anilines is 2. The van der Waals surface area contributed by atoms with Gasteiger partial charge in [-0.25, -0.2) is 14.8 Å². The molecular formula is C27H35ClN8O5. The predicted molar refractivity (Wildman–Crippen MR) is 153 cm³/mol. The number of nitrogens with zero attached hydrogens (tertiary/aromatic N) is 4. The fourth-order valence-electron chi connectivity index (χ4n) is 4.57. The predicted octanol–water partition coefficient (Wildman–Crippen LogP) is 1.70. The first kappa shape index (κ1) is 29.8. The number of nitrogens with one attached hydrogen (secondary N) is 2. The van der Waals surface area contributed by atoms with E-state index in [1.807, 2.05) is 17.0 Å². The maximum Gasteiger partial charge on any atom is 0.344 e. The van der Waals surface area contributed by atoms with Crippen molar-refractivity contribution in [3.63, 3.8) is 0 Å². The van der Waals surface area contributed by atoms with Crippen molar-refractivity contribution in [1.29, 1.82) is 0 Å². The summed E-state index contributed by atoms with van der Waals surface area (Å²) in [7, 11) is 0. The summed E-state index contributed by atoms with van der Waals surface area (Å²) in [6, 6.07) is 7.33. The molecule has 41 heavy (non-hydrogen) atoms. The van der Waals surface area contributed by atoms with Crippen LogP contribution in [0.3, 0.4) is 0 Å². The standard InChI is InChI=1S/C27H35ClN8O5/c1-26(2,3)41-19(38)14-40-17-7-4-16(5-8-17)6-9-18(37)36-12-10-27(11-13-36)15-31-25(35-27)34-24(39)20-22(29)33-23(30)21(28)32-20/h4-5,7-8H,6,9-15H2,1-3H3,(H4,29,30,33)(H2,31,34,35,39). The van der Waals surface area contributed by atoms with Gasteiger partial charge in [-0.2, -0.15) is 4.99 Å². The lowest BCUT2D eigenvalue weighted by Gasteiger charge is -2.38. The van der Waals surface area contributed by atoms with Crippen molar-refractivity contribution in [2.75, 3.05) is 37.7 Å². The van der Waals surface area contributed by atoms with E-state index in [0.717, 1.165) is 5.56 Å². The van der Waals surface area contributed by atoms with Crippen LogP contribution in [0.2, 0.25) is 5.15 Å². The van der Waals surface area contributed by atoms with Crippen LogP contribution < -0.4 is 26.8 Å². The minimum atomic E-state index is -0.695. The second-order valence-corrected chi connectivity index (χ2v) is 11.4. The summed E-state index contributed by atoms with van der Waals surface area (Å²) in [5.74, 6) is -0.396. The molecule has 13 nitrogen and oxygen atoms in total. The van der Waals surface area contributed by atoms with Crippen molar-refractivity contribution in [2.45, 2.75) is 57.6 Å². The number of carbonyl (C=O) groups excluding carboxylic acids is 3. The molecule has 0 unspecified atom stereocenters. The third-order valence-electron chi connectivity index (χ3n) is 6.70. The van der Waals surface area contributed by atoms with E-state index < -0.39 is 17.5 Å². The van der Waals surface area contributed by atoms with E-state index in [4.69, 9.17) is 32.5 Å². The fraction of sp³-hybridized carbons (Fsp3) is 0.481. The van der Waals surface area contributed by atoms with Gasteiger partial charge in [-0.1, -0.05) is 23.7 Å². The van der Waals surface area contributed by atoms with Crippen LogP contribution in [0.1, 0.15) is 56.1 Å². The first-order chi connectivity index (χ1) is 19.3. The molecule has 0 atom stereocenters. The smallest absolute Gasteiger partial charge is 0.344 e. The molecule has 2 aromatic rings. The molecule has 2 fully saturated rings. The third kappa shape index (κ3) is 7.97. The van der Waals surface area contributed by atoms with Crippen LogP contribution in [0.5, 0.6) is 5.75 Å². The van der Waals surface area contributed by atoms with Gasteiger partial charge >= 0.3 is 11.9 Å². The van der Waals surface area contributed by atoms with E-state index in [1.165, 1.54) is 0 Å². The highest BCUT2D eigenvalue weighted by Gasteiger charge is 2.40. The maximum absolute atomic E-state index is 12.9. The first-order valence-electron chi connectivity index (χ1n) is 13.3. The van der Waals surface area contributed by atoms with Gasteiger partial charge in [-0.05, 0) is 57.7 Å². The van der Waals surface area contributed by atoms with Crippen molar-refractivity contribution in [1.82, 2.24) is 25.5 Å². The highest BCUT2D eigenvalue weighted by molar-refractivity contribution is 6.31. The quantitative estimate of drug-likeness (QED) is 0.346. The molecule has 14 heteroatoms. The number of rotatable bonds is 7. The largest absolute Gasteiger partial charge is 0.482 e. The van der Waals surface area contributed by atoms with Gasteiger partial charge in [-0.15, -0.1) is 0 Å². The highest BCUT2D eigenvalue weighted by atomic mass is 35.5. The van der Waals surface area contributed by atoms with Crippen molar-refractivity contribution < 1.29 is 23.9 Å². The number of likely N-dealkylation sites (tertiary alicyclic amines) is 1. The molecule has 2 amide bonds. The topological polar surface area (TPSA) is 187 Å².